The number of carbonyl (C=O) groups excluding carboxylic acids is 2. The van der Waals surface area contributed by atoms with Crippen LogP contribution in [0.2, 0.25) is 5.02 Å². The summed E-state index contributed by atoms with van der Waals surface area (Å²) >= 11 is 6.19. The lowest BCUT2D eigenvalue weighted by Crippen LogP contribution is -2.54. The van der Waals surface area contributed by atoms with E-state index in [0.717, 1.165) is 43.4 Å². The van der Waals surface area contributed by atoms with Gasteiger partial charge in [0.2, 0.25) is 11.8 Å². The van der Waals surface area contributed by atoms with Crippen LogP contribution in [0.25, 0.3) is 0 Å². The Kier molecular flexibility index (Phi) is 5.59. The largest absolute Gasteiger partial charge is 0.341 e. The third-order valence-corrected chi connectivity index (χ3v) is 6.45. The molecule has 2 aliphatic rings. The highest BCUT2D eigenvalue weighted by atomic mass is 35.5. The Bertz CT molecular complexity index is 926. The van der Waals surface area contributed by atoms with Crippen LogP contribution in [0.1, 0.15) is 43.4 Å². The molecule has 0 spiro atoms. The molecule has 1 saturated heterocycles. The summed E-state index contributed by atoms with van der Waals surface area (Å²) in [7, 11) is 0. The number of aryl methyl sites for hydroxylation is 1. The molecular formula is C23H26ClN3O2. The molecular weight excluding hydrogens is 386 g/mol. The molecule has 2 fully saturated rings. The van der Waals surface area contributed by atoms with Crippen molar-refractivity contribution in [3.8, 4) is 0 Å². The summed E-state index contributed by atoms with van der Waals surface area (Å²) in [5.74, 6) is 0.419. The number of aromatic nitrogens is 1. The Morgan fingerprint density at radius 3 is 2.66 bits per heavy atom. The van der Waals surface area contributed by atoms with E-state index >= 15 is 0 Å². The summed E-state index contributed by atoms with van der Waals surface area (Å²) in [4.78, 5) is 32.5. The third-order valence-electron chi connectivity index (χ3n) is 6.21. The van der Waals surface area contributed by atoms with E-state index < -0.39 is 5.41 Å². The molecule has 2 amide bonds. The summed E-state index contributed by atoms with van der Waals surface area (Å²) < 4.78 is 0. The maximum Gasteiger partial charge on any atom is 0.233 e. The molecule has 1 aliphatic carbocycles. The van der Waals surface area contributed by atoms with Crippen LogP contribution < -0.4 is 5.32 Å². The van der Waals surface area contributed by atoms with Crippen LogP contribution in [0.3, 0.4) is 0 Å². The van der Waals surface area contributed by atoms with Crippen molar-refractivity contribution in [3.63, 3.8) is 0 Å². The number of amides is 2. The van der Waals surface area contributed by atoms with Crippen molar-refractivity contribution in [3.05, 3.63) is 58.7 Å². The lowest BCUT2D eigenvalue weighted by atomic mass is 9.63. The van der Waals surface area contributed by atoms with Gasteiger partial charge in [-0.1, -0.05) is 36.2 Å². The third kappa shape index (κ3) is 4.01. The molecule has 1 aromatic heterocycles. The number of pyridine rings is 1. The van der Waals surface area contributed by atoms with Gasteiger partial charge < -0.3 is 10.2 Å². The van der Waals surface area contributed by atoms with E-state index in [9.17, 15) is 9.59 Å². The van der Waals surface area contributed by atoms with Crippen LogP contribution in [-0.2, 0) is 15.0 Å². The van der Waals surface area contributed by atoms with E-state index in [2.05, 4.69) is 10.3 Å². The quantitative estimate of drug-likeness (QED) is 0.813. The zero-order valence-electron chi connectivity index (χ0n) is 16.7. The average Bonchev–Trinajstić information content (AvgIpc) is 2.67. The molecule has 0 radical (unpaired) electrons. The smallest absolute Gasteiger partial charge is 0.233 e. The van der Waals surface area contributed by atoms with E-state index in [1.165, 1.54) is 0 Å². The number of hydrogen-bond donors (Lipinski definition) is 1. The second-order valence-electron chi connectivity index (χ2n) is 8.19. The minimum Gasteiger partial charge on any atom is -0.341 e. The Morgan fingerprint density at radius 2 is 1.97 bits per heavy atom. The number of rotatable bonds is 4. The summed E-state index contributed by atoms with van der Waals surface area (Å²) in [5, 5.41) is 3.57. The molecule has 1 N–H and O–H groups in total. The fourth-order valence-corrected chi connectivity index (χ4v) is 4.65. The van der Waals surface area contributed by atoms with Gasteiger partial charge in [0.1, 0.15) is 5.82 Å². The standard InChI is InChI=1S/C23H26ClN3O2/c1-16-6-2-10-20(25-16)26-21(28)17-7-4-13-27(15-17)22(29)23(11-5-12-23)18-8-3-9-19(24)14-18/h2-3,6,8-10,14,17H,4-5,7,11-13,15H2,1H3,(H,25,26,28)/t17-/m1/s1. The van der Waals surface area contributed by atoms with Crippen LogP contribution in [0, 0.1) is 12.8 Å². The molecule has 0 unspecified atom stereocenters. The molecule has 5 nitrogen and oxygen atoms in total. The lowest BCUT2D eigenvalue weighted by molar-refractivity contribution is -0.143. The monoisotopic (exact) mass is 411 g/mol. The molecule has 0 bridgehead atoms. The number of piperidine rings is 1. The van der Waals surface area contributed by atoms with Crippen molar-refractivity contribution >= 4 is 29.2 Å². The fourth-order valence-electron chi connectivity index (χ4n) is 4.46. The highest BCUT2D eigenvalue weighted by molar-refractivity contribution is 6.30. The molecule has 152 valence electrons. The first-order chi connectivity index (χ1) is 14.0. The first-order valence-electron chi connectivity index (χ1n) is 10.3. The van der Waals surface area contributed by atoms with Gasteiger partial charge >= 0.3 is 0 Å². The maximum atomic E-state index is 13.5. The van der Waals surface area contributed by atoms with E-state index in [-0.39, 0.29) is 17.7 Å². The highest BCUT2D eigenvalue weighted by Crippen LogP contribution is 2.46. The number of benzene rings is 1. The highest BCUT2D eigenvalue weighted by Gasteiger charge is 2.48. The maximum absolute atomic E-state index is 13.5. The van der Waals surface area contributed by atoms with Gasteiger partial charge in [-0.05, 0) is 62.4 Å². The second kappa shape index (κ2) is 8.15. The van der Waals surface area contributed by atoms with Crippen LogP contribution in [0.4, 0.5) is 5.82 Å². The minimum atomic E-state index is -0.485. The van der Waals surface area contributed by atoms with E-state index in [0.29, 0.717) is 23.9 Å². The zero-order valence-corrected chi connectivity index (χ0v) is 17.4. The van der Waals surface area contributed by atoms with Crippen LogP contribution in [-0.4, -0.2) is 34.8 Å². The molecule has 6 heteroatoms. The average molecular weight is 412 g/mol. The number of anilines is 1. The molecule has 29 heavy (non-hydrogen) atoms. The van der Waals surface area contributed by atoms with Crippen LogP contribution in [0.15, 0.2) is 42.5 Å². The zero-order chi connectivity index (χ0) is 20.4. The number of carbonyl (C=O) groups is 2. The molecule has 1 aromatic carbocycles. The topological polar surface area (TPSA) is 62.3 Å². The van der Waals surface area contributed by atoms with Crippen molar-refractivity contribution in [1.82, 2.24) is 9.88 Å². The van der Waals surface area contributed by atoms with Crippen LogP contribution >= 0.6 is 11.6 Å². The molecule has 1 aliphatic heterocycles. The number of nitrogens with zero attached hydrogens (tertiary/aromatic N) is 2. The molecule has 2 heterocycles. The normalized spacial score (nSPS) is 20.6. The van der Waals surface area contributed by atoms with E-state index in [1.807, 2.05) is 48.2 Å². The molecule has 2 aromatic rings. The number of nitrogens with one attached hydrogen (secondary N) is 1. The SMILES string of the molecule is Cc1cccc(NC(=O)[C@@H]2CCCN(C(=O)C3(c4cccc(Cl)c4)CCC3)C2)n1. The summed E-state index contributed by atoms with van der Waals surface area (Å²) in [5.41, 5.74) is 1.37. The molecule has 4 rings (SSSR count). The van der Waals surface area contributed by atoms with Crippen molar-refractivity contribution in [2.24, 2.45) is 5.92 Å². The fraction of sp³-hybridized carbons (Fsp3) is 0.435. The van der Waals surface area contributed by atoms with Crippen molar-refractivity contribution in [2.75, 3.05) is 18.4 Å². The minimum absolute atomic E-state index is 0.0639. The van der Waals surface area contributed by atoms with Gasteiger partial charge in [0.15, 0.2) is 0 Å². The molecule has 1 saturated carbocycles. The Balaban J connectivity index is 1.47. The van der Waals surface area contributed by atoms with E-state index in [1.54, 1.807) is 6.07 Å². The number of hydrogen-bond acceptors (Lipinski definition) is 3. The molecule has 1 atom stereocenters. The first kappa shape index (κ1) is 19.9. The number of halogens is 1. The van der Waals surface area contributed by atoms with Crippen molar-refractivity contribution < 1.29 is 9.59 Å². The Labute approximate surface area is 176 Å². The van der Waals surface area contributed by atoms with Gasteiger partial charge in [0.05, 0.1) is 11.3 Å². The Morgan fingerprint density at radius 1 is 1.17 bits per heavy atom. The van der Waals surface area contributed by atoms with Gasteiger partial charge in [-0.15, -0.1) is 0 Å². The van der Waals surface area contributed by atoms with Gasteiger partial charge in [-0.25, -0.2) is 4.98 Å². The first-order valence-corrected chi connectivity index (χ1v) is 10.7. The number of likely N-dealkylation sites (tertiary alicyclic amines) is 1. The summed E-state index contributed by atoms with van der Waals surface area (Å²) in [6.07, 6.45) is 4.33. The Hall–Kier alpha value is -2.40. The van der Waals surface area contributed by atoms with Gasteiger partial charge in [0, 0.05) is 23.8 Å². The predicted octanol–water partition coefficient (Wildman–Crippen LogP) is 4.34. The van der Waals surface area contributed by atoms with Crippen molar-refractivity contribution in [1.29, 1.82) is 0 Å². The van der Waals surface area contributed by atoms with Gasteiger partial charge in [-0.2, -0.15) is 0 Å². The summed E-state index contributed by atoms with van der Waals surface area (Å²) in [6.45, 7) is 3.05. The second-order valence-corrected chi connectivity index (χ2v) is 8.63. The predicted molar refractivity (Wildman–Crippen MR) is 114 cm³/mol. The van der Waals surface area contributed by atoms with E-state index in [4.69, 9.17) is 11.6 Å². The summed E-state index contributed by atoms with van der Waals surface area (Å²) in [6, 6.07) is 13.2. The van der Waals surface area contributed by atoms with Crippen LogP contribution in [0.5, 0.6) is 0 Å². The van der Waals surface area contributed by atoms with Gasteiger partial charge in [-0.3, -0.25) is 9.59 Å². The van der Waals surface area contributed by atoms with Crippen molar-refractivity contribution in [2.45, 2.75) is 44.4 Å². The van der Waals surface area contributed by atoms with Gasteiger partial charge in [0.25, 0.3) is 0 Å². The lowest BCUT2D eigenvalue weighted by Gasteiger charge is -2.45.